The number of anilines is 1. The molecule has 4 aromatic heterocycles. The Morgan fingerprint density at radius 3 is 2.56 bits per heavy atom. The van der Waals surface area contributed by atoms with Crippen LogP contribution in [0.1, 0.15) is 25.3 Å². The molecular weight excluding hydrogens is 574 g/mol. The van der Waals surface area contributed by atoms with E-state index in [0.717, 1.165) is 5.56 Å². The average molecular weight is 602 g/mol. The van der Waals surface area contributed by atoms with Gasteiger partial charge in [-0.25, -0.2) is 15.1 Å². The summed E-state index contributed by atoms with van der Waals surface area (Å²) in [6.45, 7) is 7.71. The van der Waals surface area contributed by atoms with Crippen LogP contribution in [0.15, 0.2) is 78.6 Å². The fraction of sp³-hybridized carbons (Fsp3) is 0.179. The van der Waals surface area contributed by atoms with Gasteiger partial charge < -0.3 is 14.2 Å². The number of hydrogen-bond acceptors (Lipinski definition) is 12. The molecule has 0 saturated heterocycles. The Labute approximate surface area is 247 Å². The molecule has 14 nitrogen and oxygen atoms in total. The number of ether oxygens (including phenoxy) is 3. The Morgan fingerprint density at radius 2 is 1.88 bits per heavy atom. The largest absolute Gasteiger partial charge is 0.493 e. The maximum Gasteiger partial charge on any atom is 0.280 e. The first-order valence-corrected chi connectivity index (χ1v) is 14.4. The molecule has 0 bridgehead atoms. The molecule has 220 valence electrons. The Balaban J connectivity index is 1.66. The molecule has 0 atom stereocenters. The van der Waals surface area contributed by atoms with Gasteiger partial charge in [-0.3, -0.25) is 9.71 Å². The van der Waals surface area contributed by atoms with Gasteiger partial charge in [-0.15, -0.1) is 5.10 Å². The Bertz CT molecular complexity index is 1830. The molecule has 4 heterocycles. The lowest BCUT2D eigenvalue weighted by molar-refractivity contribution is 0.320. The third-order valence-electron chi connectivity index (χ3n) is 5.99. The number of rotatable bonds is 12. The van der Waals surface area contributed by atoms with Crippen molar-refractivity contribution in [1.82, 2.24) is 40.6 Å². The predicted octanol–water partition coefficient (Wildman–Crippen LogP) is 4.40. The standard InChI is InChI=1S/C28H27N9O5S/c1-5-14-41-28-24(42-22-9-7-6-8-21(22)40-4)27(35-43(38,39)23-11-10-19(16-30-23)17(2)3)31-25(32-28)18-12-13-29-20(15-18)26-33-36-37-34-26/h5-13,15-17H,1,14H2,2-4H3,(H,31,32,35)(H,33,34,36,37). The molecule has 0 radical (unpaired) electrons. The van der Waals surface area contributed by atoms with Crippen LogP contribution in [0.3, 0.4) is 0 Å². The van der Waals surface area contributed by atoms with Crippen LogP contribution >= 0.6 is 0 Å². The summed E-state index contributed by atoms with van der Waals surface area (Å²) in [4.78, 5) is 17.6. The first-order chi connectivity index (χ1) is 20.8. The van der Waals surface area contributed by atoms with Gasteiger partial charge in [0, 0.05) is 18.0 Å². The summed E-state index contributed by atoms with van der Waals surface area (Å²) in [7, 11) is -2.76. The fourth-order valence-corrected chi connectivity index (χ4v) is 4.74. The van der Waals surface area contributed by atoms with Crippen molar-refractivity contribution in [3.05, 3.63) is 79.1 Å². The number of pyridine rings is 2. The summed E-state index contributed by atoms with van der Waals surface area (Å²) in [6.07, 6.45) is 4.55. The van der Waals surface area contributed by atoms with Crippen LogP contribution in [0.2, 0.25) is 0 Å². The molecule has 0 aliphatic heterocycles. The number of para-hydroxylation sites is 2. The highest BCUT2D eigenvalue weighted by molar-refractivity contribution is 7.92. The molecule has 0 saturated carbocycles. The van der Waals surface area contributed by atoms with Crippen molar-refractivity contribution >= 4 is 15.8 Å². The van der Waals surface area contributed by atoms with Gasteiger partial charge in [-0.05, 0) is 52.2 Å². The third kappa shape index (κ3) is 6.56. The molecular formula is C28H27N9O5S. The second-order valence-corrected chi connectivity index (χ2v) is 10.9. The van der Waals surface area contributed by atoms with E-state index in [1.54, 1.807) is 42.5 Å². The van der Waals surface area contributed by atoms with E-state index in [9.17, 15) is 8.42 Å². The summed E-state index contributed by atoms with van der Waals surface area (Å²) in [5.41, 5.74) is 1.76. The van der Waals surface area contributed by atoms with E-state index in [1.807, 2.05) is 13.8 Å². The molecule has 1 aromatic carbocycles. The van der Waals surface area contributed by atoms with Crippen molar-refractivity contribution in [2.45, 2.75) is 24.8 Å². The van der Waals surface area contributed by atoms with Crippen LogP contribution in [0.25, 0.3) is 22.9 Å². The van der Waals surface area contributed by atoms with Crippen molar-refractivity contribution in [3.8, 4) is 46.0 Å². The SMILES string of the molecule is C=CCOc1nc(-c2ccnc(-c3nnn[nH]3)c2)nc(NS(=O)(=O)c2ccc(C(C)C)cn2)c1Oc1ccccc1OC. The minimum Gasteiger partial charge on any atom is -0.493 e. The maximum absolute atomic E-state index is 13.6. The zero-order valence-electron chi connectivity index (χ0n) is 23.4. The van der Waals surface area contributed by atoms with Crippen molar-refractivity contribution in [2.24, 2.45) is 0 Å². The summed E-state index contributed by atoms with van der Waals surface area (Å²) < 4.78 is 47.1. The molecule has 0 fully saturated rings. The number of benzene rings is 1. The van der Waals surface area contributed by atoms with E-state index in [1.165, 1.54) is 31.6 Å². The molecule has 5 rings (SSSR count). The number of methoxy groups -OCH3 is 1. The van der Waals surface area contributed by atoms with Gasteiger partial charge in [0.2, 0.25) is 5.75 Å². The van der Waals surface area contributed by atoms with Gasteiger partial charge >= 0.3 is 0 Å². The van der Waals surface area contributed by atoms with Crippen LogP contribution in [0.4, 0.5) is 5.82 Å². The second kappa shape index (κ2) is 12.6. The summed E-state index contributed by atoms with van der Waals surface area (Å²) >= 11 is 0. The third-order valence-corrected chi connectivity index (χ3v) is 7.25. The minimum absolute atomic E-state index is 0.0362. The van der Waals surface area contributed by atoms with E-state index in [0.29, 0.717) is 22.8 Å². The molecule has 0 aliphatic rings. The molecule has 43 heavy (non-hydrogen) atoms. The molecule has 2 N–H and O–H groups in total. The Morgan fingerprint density at radius 1 is 1.07 bits per heavy atom. The number of sulfonamides is 1. The lowest BCUT2D eigenvalue weighted by Gasteiger charge is -2.18. The van der Waals surface area contributed by atoms with Gasteiger partial charge in [-0.2, -0.15) is 13.4 Å². The lowest BCUT2D eigenvalue weighted by atomic mass is 10.1. The molecule has 5 aromatic rings. The summed E-state index contributed by atoms with van der Waals surface area (Å²) in [6, 6.07) is 13.3. The fourth-order valence-electron chi connectivity index (χ4n) is 3.81. The van der Waals surface area contributed by atoms with Crippen molar-refractivity contribution in [2.75, 3.05) is 18.4 Å². The van der Waals surface area contributed by atoms with E-state index >= 15 is 0 Å². The van der Waals surface area contributed by atoms with Crippen molar-refractivity contribution < 1.29 is 22.6 Å². The summed E-state index contributed by atoms with van der Waals surface area (Å²) in [5.74, 6) is 0.882. The van der Waals surface area contributed by atoms with Gasteiger partial charge in [-0.1, -0.05) is 44.7 Å². The van der Waals surface area contributed by atoms with E-state index in [-0.39, 0.29) is 46.6 Å². The first kappa shape index (κ1) is 29.1. The zero-order valence-corrected chi connectivity index (χ0v) is 24.2. The Kier molecular flexibility index (Phi) is 8.52. The normalized spacial score (nSPS) is 11.3. The molecule has 0 amide bonds. The Hall–Kier alpha value is -5.44. The van der Waals surface area contributed by atoms with Gasteiger partial charge in [0.15, 0.2) is 34.0 Å². The first-order valence-electron chi connectivity index (χ1n) is 12.9. The van der Waals surface area contributed by atoms with Crippen molar-refractivity contribution in [1.29, 1.82) is 0 Å². The zero-order chi connectivity index (χ0) is 30.4. The number of tetrazole rings is 1. The highest BCUT2D eigenvalue weighted by atomic mass is 32.2. The van der Waals surface area contributed by atoms with Gasteiger partial charge in [0.05, 0.1) is 7.11 Å². The van der Waals surface area contributed by atoms with Crippen LogP contribution < -0.4 is 18.9 Å². The molecule has 0 unspecified atom stereocenters. The number of aromatic amines is 1. The summed E-state index contributed by atoms with van der Waals surface area (Å²) in [5, 5.41) is 13.5. The van der Waals surface area contributed by atoms with Crippen molar-refractivity contribution in [3.63, 3.8) is 0 Å². The molecule has 15 heteroatoms. The number of nitrogens with zero attached hydrogens (tertiary/aromatic N) is 7. The minimum atomic E-state index is -4.25. The second-order valence-electron chi connectivity index (χ2n) is 9.25. The quantitative estimate of drug-likeness (QED) is 0.193. The smallest absolute Gasteiger partial charge is 0.280 e. The number of nitrogens with one attached hydrogen (secondary N) is 2. The number of hydrogen-bond donors (Lipinski definition) is 2. The monoisotopic (exact) mass is 601 g/mol. The van der Waals surface area contributed by atoms with Crippen LogP contribution in [-0.4, -0.2) is 62.7 Å². The van der Waals surface area contributed by atoms with E-state index in [2.05, 4.69) is 51.9 Å². The number of aromatic nitrogens is 8. The predicted molar refractivity (Wildman–Crippen MR) is 156 cm³/mol. The van der Waals surface area contributed by atoms with E-state index in [4.69, 9.17) is 14.2 Å². The maximum atomic E-state index is 13.6. The molecule has 0 spiro atoms. The van der Waals surface area contributed by atoms with Gasteiger partial charge in [0.25, 0.3) is 15.9 Å². The average Bonchev–Trinajstić information content (AvgIpc) is 3.57. The van der Waals surface area contributed by atoms with Crippen LogP contribution in [0, 0.1) is 0 Å². The van der Waals surface area contributed by atoms with E-state index < -0.39 is 10.0 Å². The molecule has 0 aliphatic carbocycles. The highest BCUT2D eigenvalue weighted by Crippen LogP contribution is 2.41. The topological polar surface area (TPSA) is 180 Å². The number of H-pyrrole nitrogens is 1. The van der Waals surface area contributed by atoms with Crippen LogP contribution in [-0.2, 0) is 10.0 Å². The highest BCUT2D eigenvalue weighted by Gasteiger charge is 2.26. The van der Waals surface area contributed by atoms with Crippen LogP contribution in [0.5, 0.6) is 23.1 Å². The lowest BCUT2D eigenvalue weighted by Crippen LogP contribution is -2.17. The van der Waals surface area contributed by atoms with Gasteiger partial charge in [0.1, 0.15) is 12.3 Å².